The molecule has 3 rings (SSSR count). The molecule has 2 heterocycles. The highest BCUT2D eigenvalue weighted by molar-refractivity contribution is 7.22. The molecule has 0 bridgehead atoms. The van der Waals surface area contributed by atoms with E-state index >= 15 is 0 Å². The van der Waals surface area contributed by atoms with Crippen molar-refractivity contribution in [3.63, 3.8) is 0 Å². The van der Waals surface area contributed by atoms with E-state index < -0.39 is 0 Å². The summed E-state index contributed by atoms with van der Waals surface area (Å²) < 4.78 is 6.51. The number of aryl methyl sites for hydroxylation is 1. The third kappa shape index (κ3) is 3.68. The first-order valence-corrected chi connectivity index (χ1v) is 9.79. The minimum Gasteiger partial charge on any atom is -0.494 e. The van der Waals surface area contributed by atoms with E-state index in [1.165, 1.54) is 16.2 Å². The molecule has 0 saturated carbocycles. The zero-order valence-electron chi connectivity index (χ0n) is 14.8. The van der Waals surface area contributed by atoms with Gasteiger partial charge in [0.05, 0.1) is 43.9 Å². The Morgan fingerprint density at radius 3 is 2.76 bits per heavy atom. The second kappa shape index (κ2) is 7.51. The van der Waals surface area contributed by atoms with Gasteiger partial charge in [-0.15, -0.1) is 11.3 Å². The molecular formula is C18H22N3O2S2+. The number of amides is 1. The van der Waals surface area contributed by atoms with Crippen molar-refractivity contribution in [3.8, 4) is 5.75 Å². The van der Waals surface area contributed by atoms with E-state index in [0.29, 0.717) is 6.54 Å². The fraction of sp³-hybridized carbons (Fsp3) is 0.333. The average molecular weight is 377 g/mol. The Morgan fingerprint density at radius 2 is 2.12 bits per heavy atom. The van der Waals surface area contributed by atoms with Crippen LogP contribution >= 0.6 is 22.7 Å². The van der Waals surface area contributed by atoms with Gasteiger partial charge in [0.15, 0.2) is 5.13 Å². The van der Waals surface area contributed by atoms with Gasteiger partial charge in [0.1, 0.15) is 11.3 Å². The number of methoxy groups -OCH3 is 1. The summed E-state index contributed by atoms with van der Waals surface area (Å²) in [6, 6.07) is 7.72. The summed E-state index contributed by atoms with van der Waals surface area (Å²) in [7, 11) is 5.81. The van der Waals surface area contributed by atoms with Crippen molar-refractivity contribution in [1.29, 1.82) is 0 Å². The number of rotatable bonds is 6. The summed E-state index contributed by atoms with van der Waals surface area (Å²) in [4.78, 5) is 21.6. The summed E-state index contributed by atoms with van der Waals surface area (Å²) in [5, 5.41) is 2.65. The fourth-order valence-corrected chi connectivity index (χ4v) is 4.28. The number of likely N-dealkylation sites (N-methyl/N-ethyl adjacent to an activating group) is 1. The van der Waals surface area contributed by atoms with Crippen LogP contribution in [0.15, 0.2) is 29.6 Å². The number of benzene rings is 1. The van der Waals surface area contributed by atoms with E-state index in [2.05, 4.69) is 21.0 Å². The summed E-state index contributed by atoms with van der Waals surface area (Å²) >= 11 is 3.01. The largest absolute Gasteiger partial charge is 0.494 e. The number of hydrogen-bond donors (Lipinski definition) is 1. The van der Waals surface area contributed by atoms with Crippen LogP contribution in [0.25, 0.3) is 10.2 Å². The molecule has 0 saturated heterocycles. The molecule has 0 aliphatic heterocycles. The molecular weight excluding hydrogens is 354 g/mol. The number of fused-ring (bicyclic) bond motifs is 1. The Morgan fingerprint density at radius 1 is 1.32 bits per heavy atom. The predicted molar refractivity (Wildman–Crippen MR) is 105 cm³/mol. The van der Waals surface area contributed by atoms with Crippen molar-refractivity contribution in [3.05, 3.63) is 40.1 Å². The maximum Gasteiger partial charge on any atom is 0.270 e. The van der Waals surface area contributed by atoms with E-state index in [-0.39, 0.29) is 5.91 Å². The minimum atomic E-state index is 0.00641. The van der Waals surface area contributed by atoms with Crippen LogP contribution in [-0.2, 0) is 0 Å². The molecule has 0 aliphatic rings. The van der Waals surface area contributed by atoms with Crippen molar-refractivity contribution in [2.24, 2.45) is 0 Å². The number of ether oxygens (including phenoxy) is 1. The average Bonchev–Trinajstić information content (AvgIpc) is 3.25. The molecule has 7 heteroatoms. The van der Waals surface area contributed by atoms with Crippen LogP contribution in [0.1, 0.15) is 15.2 Å². The Hall–Kier alpha value is -1.96. The summed E-state index contributed by atoms with van der Waals surface area (Å²) in [6.45, 7) is 3.53. The maximum atomic E-state index is 13.0. The third-order valence-corrected chi connectivity index (χ3v) is 6.03. The number of nitrogens with one attached hydrogen (secondary N) is 1. The van der Waals surface area contributed by atoms with E-state index in [4.69, 9.17) is 9.72 Å². The first-order chi connectivity index (χ1) is 12.0. The van der Waals surface area contributed by atoms with Crippen LogP contribution in [-0.4, -0.2) is 45.2 Å². The molecule has 2 aromatic heterocycles. The van der Waals surface area contributed by atoms with Crippen LogP contribution < -0.4 is 14.5 Å². The van der Waals surface area contributed by atoms with E-state index in [1.54, 1.807) is 23.3 Å². The van der Waals surface area contributed by atoms with Gasteiger partial charge in [0.25, 0.3) is 5.91 Å². The number of quaternary nitrogens is 1. The summed E-state index contributed by atoms with van der Waals surface area (Å²) in [5.41, 5.74) is 1.96. The van der Waals surface area contributed by atoms with Gasteiger partial charge >= 0.3 is 0 Å². The molecule has 0 radical (unpaired) electrons. The van der Waals surface area contributed by atoms with Gasteiger partial charge in [-0.05, 0) is 30.0 Å². The molecule has 0 fully saturated rings. The van der Waals surface area contributed by atoms with Gasteiger partial charge in [-0.1, -0.05) is 23.5 Å². The minimum absolute atomic E-state index is 0.00641. The number of thiazole rings is 1. The number of carbonyl (C=O) groups is 1. The van der Waals surface area contributed by atoms with Gasteiger partial charge in [-0.25, -0.2) is 4.98 Å². The van der Waals surface area contributed by atoms with Crippen molar-refractivity contribution >= 4 is 43.9 Å². The smallest absolute Gasteiger partial charge is 0.270 e. The molecule has 1 aromatic carbocycles. The number of anilines is 1. The quantitative estimate of drug-likeness (QED) is 0.719. The standard InChI is InChI=1S/C18H21N3O2S2/c1-12-7-8-13(23-4)15-16(12)25-18(19-15)21(10-9-20(2)3)17(22)14-6-5-11-24-14/h5-8,11H,9-10H2,1-4H3/p+1. The highest BCUT2D eigenvalue weighted by Gasteiger charge is 2.24. The lowest BCUT2D eigenvalue weighted by Crippen LogP contribution is -3.06. The number of aromatic nitrogens is 1. The Balaban J connectivity index is 2.04. The molecule has 1 amide bonds. The molecule has 0 aliphatic carbocycles. The van der Waals surface area contributed by atoms with Crippen LogP contribution in [0, 0.1) is 6.92 Å². The Labute approximate surface area is 155 Å². The zero-order valence-corrected chi connectivity index (χ0v) is 16.5. The van der Waals surface area contributed by atoms with Gasteiger partial charge in [0, 0.05) is 0 Å². The zero-order chi connectivity index (χ0) is 18.0. The Bertz CT molecular complexity index is 872. The number of hydrogen-bond acceptors (Lipinski definition) is 5. The lowest BCUT2D eigenvalue weighted by Gasteiger charge is -2.19. The predicted octanol–water partition coefficient (Wildman–Crippen LogP) is 2.47. The molecule has 25 heavy (non-hydrogen) atoms. The maximum absolute atomic E-state index is 13.0. The fourth-order valence-electron chi connectivity index (χ4n) is 2.53. The molecule has 132 valence electrons. The van der Waals surface area contributed by atoms with Crippen molar-refractivity contribution in [2.75, 3.05) is 39.2 Å². The number of thiophene rings is 1. The highest BCUT2D eigenvalue weighted by Crippen LogP contribution is 2.36. The van der Waals surface area contributed by atoms with Crippen LogP contribution in [0.2, 0.25) is 0 Å². The Kier molecular flexibility index (Phi) is 5.36. The number of nitrogens with zero attached hydrogens (tertiary/aromatic N) is 2. The van der Waals surface area contributed by atoms with E-state index in [9.17, 15) is 4.79 Å². The molecule has 0 spiro atoms. The lowest BCUT2D eigenvalue weighted by atomic mass is 10.2. The normalized spacial score (nSPS) is 11.2. The van der Waals surface area contributed by atoms with E-state index in [1.807, 2.05) is 29.6 Å². The van der Waals surface area contributed by atoms with Gasteiger partial charge in [-0.2, -0.15) is 0 Å². The van der Waals surface area contributed by atoms with Gasteiger partial charge in [0.2, 0.25) is 0 Å². The molecule has 0 atom stereocenters. The summed E-state index contributed by atoms with van der Waals surface area (Å²) in [6.07, 6.45) is 0. The third-order valence-electron chi connectivity index (χ3n) is 3.96. The molecule has 3 aromatic rings. The van der Waals surface area contributed by atoms with Crippen LogP contribution in [0.3, 0.4) is 0 Å². The van der Waals surface area contributed by atoms with Crippen LogP contribution in [0.4, 0.5) is 5.13 Å². The number of carbonyl (C=O) groups excluding carboxylic acids is 1. The van der Waals surface area contributed by atoms with Crippen molar-refractivity contribution in [1.82, 2.24) is 4.98 Å². The first kappa shape index (κ1) is 17.8. The van der Waals surface area contributed by atoms with Crippen molar-refractivity contribution in [2.45, 2.75) is 6.92 Å². The molecule has 1 N–H and O–H groups in total. The van der Waals surface area contributed by atoms with Crippen LogP contribution in [0.5, 0.6) is 5.75 Å². The first-order valence-electron chi connectivity index (χ1n) is 8.09. The molecule has 0 unspecified atom stereocenters. The lowest BCUT2D eigenvalue weighted by molar-refractivity contribution is -0.856. The topological polar surface area (TPSA) is 46.9 Å². The summed E-state index contributed by atoms with van der Waals surface area (Å²) in [5.74, 6) is 0.747. The second-order valence-corrected chi connectivity index (χ2v) is 8.08. The van der Waals surface area contributed by atoms with Crippen molar-refractivity contribution < 1.29 is 14.4 Å². The van der Waals surface area contributed by atoms with Gasteiger partial charge in [-0.3, -0.25) is 9.69 Å². The SMILES string of the molecule is COc1ccc(C)c2sc(N(CC[NH+](C)C)C(=O)c3cccs3)nc12. The monoisotopic (exact) mass is 376 g/mol. The van der Waals surface area contributed by atoms with Gasteiger partial charge < -0.3 is 9.64 Å². The molecule has 5 nitrogen and oxygen atoms in total. The van der Waals surface area contributed by atoms with E-state index in [0.717, 1.165) is 38.1 Å². The second-order valence-electron chi connectivity index (χ2n) is 6.15. The highest BCUT2D eigenvalue weighted by atomic mass is 32.1.